The molecule has 0 bridgehead atoms. The topological polar surface area (TPSA) is 65.1 Å². The third-order valence-corrected chi connectivity index (χ3v) is 3.64. The van der Waals surface area contributed by atoms with E-state index >= 15 is 0 Å². The van der Waals surface area contributed by atoms with E-state index in [2.05, 4.69) is 0 Å². The van der Waals surface area contributed by atoms with Gasteiger partial charge in [0.1, 0.15) is 5.75 Å². The van der Waals surface area contributed by atoms with Crippen LogP contribution in [0.4, 0.5) is 10.5 Å². The average molecular weight is 371 g/mol. The Hall–Kier alpha value is -2.86. The molecule has 0 fully saturated rings. The third-order valence-electron chi connectivity index (χ3n) is 3.64. The first-order valence-corrected chi connectivity index (χ1v) is 8.82. The van der Waals surface area contributed by atoms with Crippen molar-refractivity contribution in [3.63, 3.8) is 0 Å². The highest BCUT2D eigenvalue weighted by Gasteiger charge is 2.27. The molecule has 0 radical (unpaired) electrons. The van der Waals surface area contributed by atoms with E-state index in [4.69, 9.17) is 14.2 Å². The molecule has 2 aromatic carbocycles. The number of carbonyl (C=O) groups excluding carboxylic acids is 2. The maximum Gasteiger partial charge on any atom is 0.421 e. The van der Waals surface area contributed by atoms with Gasteiger partial charge in [0.25, 0.3) is 5.91 Å². The Morgan fingerprint density at radius 1 is 1.07 bits per heavy atom. The number of ether oxygens (including phenoxy) is 3. The smallest absolute Gasteiger partial charge is 0.421 e. The summed E-state index contributed by atoms with van der Waals surface area (Å²) in [6.07, 6.45) is -1.09. The van der Waals surface area contributed by atoms with Crippen molar-refractivity contribution in [2.45, 2.75) is 33.5 Å². The second kappa shape index (κ2) is 9.73. The van der Waals surface area contributed by atoms with E-state index in [9.17, 15) is 9.59 Å². The lowest BCUT2D eigenvalue weighted by atomic mass is 10.1. The number of amides is 2. The molecule has 2 amide bonds. The number of methoxy groups -OCH3 is 1. The summed E-state index contributed by atoms with van der Waals surface area (Å²) < 4.78 is 16.1. The Kier molecular flexibility index (Phi) is 7.37. The molecule has 0 heterocycles. The van der Waals surface area contributed by atoms with Crippen LogP contribution >= 0.6 is 0 Å². The number of hydrogen-bond donors (Lipinski definition) is 0. The predicted octanol–water partition coefficient (Wildman–Crippen LogP) is 4.42. The first kappa shape index (κ1) is 20.5. The van der Waals surface area contributed by atoms with E-state index in [1.165, 1.54) is 0 Å². The minimum Gasteiger partial charge on any atom is -0.494 e. The van der Waals surface area contributed by atoms with E-state index in [0.717, 1.165) is 10.5 Å². The van der Waals surface area contributed by atoms with Crippen molar-refractivity contribution in [1.82, 2.24) is 0 Å². The van der Waals surface area contributed by atoms with Gasteiger partial charge < -0.3 is 14.2 Å². The van der Waals surface area contributed by atoms with E-state index in [1.54, 1.807) is 69.5 Å². The predicted molar refractivity (Wildman–Crippen MR) is 103 cm³/mol. The van der Waals surface area contributed by atoms with Crippen LogP contribution in [0.2, 0.25) is 0 Å². The highest BCUT2D eigenvalue weighted by Crippen LogP contribution is 2.28. The summed E-state index contributed by atoms with van der Waals surface area (Å²) in [5.41, 5.74) is 1.52. The van der Waals surface area contributed by atoms with Crippen molar-refractivity contribution in [2.24, 2.45) is 0 Å². The van der Waals surface area contributed by atoms with Gasteiger partial charge in [-0.25, -0.2) is 9.69 Å². The maximum atomic E-state index is 13.0. The van der Waals surface area contributed by atoms with Crippen molar-refractivity contribution < 1.29 is 23.8 Å². The highest BCUT2D eigenvalue weighted by atomic mass is 16.6. The van der Waals surface area contributed by atoms with Crippen LogP contribution in [0.5, 0.6) is 5.75 Å². The molecular formula is C21H25NO5. The van der Waals surface area contributed by atoms with Gasteiger partial charge in [-0.3, -0.25) is 4.79 Å². The van der Waals surface area contributed by atoms with Gasteiger partial charge in [0.15, 0.2) is 0 Å². The molecular weight excluding hydrogens is 346 g/mol. The largest absolute Gasteiger partial charge is 0.494 e. The second-order valence-electron chi connectivity index (χ2n) is 6.10. The summed E-state index contributed by atoms with van der Waals surface area (Å²) in [7, 11) is 1.57. The number of benzene rings is 2. The minimum atomic E-state index is -0.730. The molecule has 2 aromatic rings. The quantitative estimate of drug-likeness (QED) is 0.721. The first-order chi connectivity index (χ1) is 13.0. The molecule has 0 unspecified atom stereocenters. The SMILES string of the molecule is CCOc1ccc(N(C(=O)OC(C)C)C(=O)c2ccccc2)cc1COC. The zero-order chi connectivity index (χ0) is 19.8. The van der Waals surface area contributed by atoms with Crippen LogP contribution in [-0.4, -0.2) is 31.8 Å². The van der Waals surface area contributed by atoms with Gasteiger partial charge in [0.05, 0.1) is 25.0 Å². The molecule has 6 nitrogen and oxygen atoms in total. The summed E-state index contributed by atoms with van der Waals surface area (Å²) in [6, 6.07) is 13.7. The summed E-state index contributed by atoms with van der Waals surface area (Å²) in [5, 5.41) is 0. The standard InChI is InChI=1S/C21H25NO5/c1-5-26-19-12-11-18(13-17(19)14-25-4)22(21(24)27-15(2)3)20(23)16-9-7-6-8-10-16/h6-13,15H,5,14H2,1-4H3. The molecule has 2 rings (SSSR count). The lowest BCUT2D eigenvalue weighted by molar-refractivity contribution is 0.0932. The fourth-order valence-electron chi connectivity index (χ4n) is 2.54. The van der Waals surface area contributed by atoms with Gasteiger partial charge >= 0.3 is 6.09 Å². The van der Waals surface area contributed by atoms with Gasteiger partial charge in [-0.2, -0.15) is 0 Å². The van der Waals surface area contributed by atoms with Crippen molar-refractivity contribution >= 4 is 17.7 Å². The molecule has 6 heteroatoms. The zero-order valence-electron chi connectivity index (χ0n) is 16.1. The molecule has 0 saturated heterocycles. The second-order valence-corrected chi connectivity index (χ2v) is 6.10. The van der Waals surface area contributed by atoms with Crippen molar-refractivity contribution in [2.75, 3.05) is 18.6 Å². The number of rotatable bonds is 7. The number of hydrogen-bond acceptors (Lipinski definition) is 5. The van der Waals surface area contributed by atoms with Gasteiger partial charge in [-0.1, -0.05) is 18.2 Å². The Bertz CT molecular complexity index is 773. The number of imide groups is 1. The molecule has 0 atom stereocenters. The zero-order valence-corrected chi connectivity index (χ0v) is 16.1. The Morgan fingerprint density at radius 2 is 1.78 bits per heavy atom. The number of nitrogens with zero attached hydrogens (tertiary/aromatic N) is 1. The molecule has 0 aliphatic heterocycles. The van der Waals surface area contributed by atoms with Crippen LogP contribution in [0, 0.1) is 0 Å². The third kappa shape index (κ3) is 5.31. The van der Waals surface area contributed by atoms with Crippen molar-refractivity contribution in [3.05, 3.63) is 59.7 Å². The van der Waals surface area contributed by atoms with Crippen molar-refractivity contribution in [1.29, 1.82) is 0 Å². The summed E-state index contributed by atoms with van der Waals surface area (Å²) >= 11 is 0. The fourth-order valence-corrected chi connectivity index (χ4v) is 2.54. The summed E-state index contributed by atoms with van der Waals surface area (Å²) in [6.45, 7) is 6.14. The van der Waals surface area contributed by atoms with E-state index in [0.29, 0.717) is 23.6 Å². The van der Waals surface area contributed by atoms with Gasteiger partial charge in [-0.15, -0.1) is 0 Å². The average Bonchev–Trinajstić information content (AvgIpc) is 2.64. The van der Waals surface area contributed by atoms with E-state index < -0.39 is 12.0 Å². The van der Waals surface area contributed by atoms with Gasteiger partial charge in [-0.05, 0) is 51.1 Å². The Balaban J connectivity index is 2.48. The molecule has 0 aliphatic rings. The fraction of sp³-hybridized carbons (Fsp3) is 0.333. The van der Waals surface area contributed by atoms with E-state index in [-0.39, 0.29) is 12.7 Å². The Morgan fingerprint density at radius 3 is 2.37 bits per heavy atom. The van der Waals surface area contributed by atoms with Gasteiger partial charge in [0.2, 0.25) is 0 Å². The maximum absolute atomic E-state index is 13.0. The molecule has 0 saturated carbocycles. The Labute approximate surface area is 159 Å². The minimum absolute atomic E-state index is 0.287. The van der Waals surface area contributed by atoms with Crippen LogP contribution < -0.4 is 9.64 Å². The normalized spacial score (nSPS) is 10.6. The highest BCUT2D eigenvalue weighted by molar-refractivity contribution is 6.19. The van der Waals surface area contributed by atoms with Gasteiger partial charge in [0, 0.05) is 18.2 Å². The molecule has 0 aliphatic carbocycles. The van der Waals surface area contributed by atoms with E-state index in [1.807, 2.05) is 6.92 Å². The van der Waals surface area contributed by atoms with Crippen LogP contribution in [0.1, 0.15) is 36.7 Å². The number of carbonyl (C=O) groups is 2. The first-order valence-electron chi connectivity index (χ1n) is 8.82. The monoisotopic (exact) mass is 371 g/mol. The van der Waals surface area contributed by atoms with Crippen LogP contribution in [0.25, 0.3) is 0 Å². The molecule has 27 heavy (non-hydrogen) atoms. The molecule has 0 spiro atoms. The lowest BCUT2D eigenvalue weighted by Crippen LogP contribution is -2.38. The van der Waals surface area contributed by atoms with Crippen LogP contribution in [0.15, 0.2) is 48.5 Å². The molecule has 0 N–H and O–H groups in total. The number of anilines is 1. The van der Waals surface area contributed by atoms with Crippen LogP contribution in [0.3, 0.4) is 0 Å². The van der Waals surface area contributed by atoms with Crippen LogP contribution in [-0.2, 0) is 16.1 Å². The summed E-state index contributed by atoms with van der Waals surface area (Å²) in [5.74, 6) is 0.182. The van der Waals surface area contributed by atoms with Crippen molar-refractivity contribution in [3.8, 4) is 5.75 Å². The molecule has 144 valence electrons. The lowest BCUT2D eigenvalue weighted by Gasteiger charge is -2.23. The molecule has 0 aromatic heterocycles. The summed E-state index contributed by atoms with van der Waals surface area (Å²) in [4.78, 5) is 26.7.